The van der Waals surface area contributed by atoms with Crippen LogP contribution >= 0.6 is 0 Å². The molecular formula is C57H41N. The highest BCUT2D eigenvalue weighted by molar-refractivity contribution is 5.99. The lowest BCUT2D eigenvalue weighted by Gasteiger charge is -2.35. The fraction of sp³-hybridized carbons (Fsp3) is 0.0526. The molecule has 1 unspecified atom stereocenters. The Morgan fingerprint density at radius 2 is 0.793 bits per heavy atom. The molecule has 9 aromatic rings. The van der Waals surface area contributed by atoms with E-state index in [1.54, 1.807) is 0 Å². The van der Waals surface area contributed by atoms with Gasteiger partial charge in [-0.05, 0) is 104 Å². The Balaban J connectivity index is 1.17. The monoisotopic (exact) mass is 739 g/mol. The molecule has 1 atom stereocenters. The van der Waals surface area contributed by atoms with E-state index in [9.17, 15) is 0 Å². The third-order valence-electron chi connectivity index (χ3n) is 12.8. The summed E-state index contributed by atoms with van der Waals surface area (Å²) in [7, 11) is 0. The van der Waals surface area contributed by atoms with Crippen LogP contribution in [0.2, 0.25) is 0 Å². The predicted molar refractivity (Wildman–Crippen MR) is 241 cm³/mol. The maximum absolute atomic E-state index is 2.47. The fourth-order valence-corrected chi connectivity index (χ4v) is 10.3. The standard InChI is InChI=1S/C57H41N/c1-56(40-21-6-2-7-22-40)50-33-17-15-31-49(50)55-48(32-20-35-52(55)56)47-30-16-19-36-54(47)58(43-27-12-5-13-28-43)44-37-38-46-45-29-14-18-34-51(45)57(53(46)39-44,41-23-8-3-9-24-41)42-25-10-4-11-26-42/h2-39H,1H3. The fourth-order valence-electron chi connectivity index (χ4n) is 10.3. The van der Waals surface area contributed by atoms with Crippen molar-refractivity contribution in [2.75, 3.05) is 4.90 Å². The van der Waals surface area contributed by atoms with Crippen LogP contribution in [0.4, 0.5) is 17.1 Å². The first-order valence-electron chi connectivity index (χ1n) is 20.3. The molecule has 0 amide bonds. The van der Waals surface area contributed by atoms with Crippen molar-refractivity contribution < 1.29 is 0 Å². The van der Waals surface area contributed by atoms with Gasteiger partial charge in [-0.1, -0.05) is 200 Å². The van der Waals surface area contributed by atoms with Crippen LogP contribution in [0, 0.1) is 0 Å². The van der Waals surface area contributed by atoms with Gasteiger partial charge in [-0.3, -0.25) is 0 Å². The number of fused-ring (bicyclic) bond motifs is 6. The van der Waals surface area contributed by atoms with Gasteiger partial charge in [0, 0.05) is 22.4 Å². The normalized spacial score (nSPS) is 15.5. The number of benzene rings is 9. The minimum atomic E-state index is -0.502. The van der Waals surface area contributed by atoms with Gasteiger partial charge in [0.2, 0.25) is 0 Å². The summed E-state index contributed by atoms with van der Waals surface area (Å²) in [6.07, 6.45) is 0. The van der Waals surface area contributed by atoms with Gasteiger partial charge >= 0.3 is 0 Å². The maximum atomic E-state index is 2.47. The van der Waals surface area contributed by atoms with Crippen LogP contribution in [-0.4, -0.2) is 0 Å². The van der Waals surface area contributed by atoms with Gasteiger partial charge in [0.15, 0.2) is 0 Å². The molecule has 0 N–H and O–H groups in total. The quantitative estimate of drug-likeness (QED) is 0.157. The Kier molecular flexibility index (Phi) is 7.91. The van der Waals surface area contributed by atoms with Gasteiger partial charge < -0.3 is 4.90 Å². The summed E-state index contributed by atoms with van der Waals surface area (Å²) in [5.41, 5.74) is 19.3. The zero-order valence-electron chi connectivity index (χ0n) is 32.4. The molecule has 58 heavy (non-hydrogen) atoms. The van der Waals surface area contributed by atoms with Crippen molar-refractivity contribution in [3.8, 4) is 33.4 Å². The third-order valence-corrected chi connectivity index (χ3v) is 12.8. The Labute approximate surface area is 341 Å². The van der Waals surface area contributed by atoms with Crippen molar-refractivity contribution in [3.63, 3.8) is 0 Å². The van der Waals surface area contributed by atoms with E-state index in [-0.39, 0.29) is 5.41 Å². The van der Waals surface area contributed by atoms with Crippen LogP contribution in [0.15, 0.2) is 231 Å². The van der Waals surface area contributed by atoms with Crippen molar-refractivity contribution in [1.29, 1.82) is 0 Å². The van der Waals surface area contributed by atoms with E-state index in [0.29, 0.717) is 0 Å². The van der Waals surface area contributed by atoms with Crippen LogP contribution in [0.3, 0.4) is 0 Å². The second-order valence-corrected chi connectivity index (χ2v) is 15.7. The molecule has 2 aliphatic carbocycles. The number of anilines is 3. The highest BCUT2D eigenvalue weighted by Gasteiger charge is 2.46. The lowest BCUT2D eigenvalue weighted by molar-refractivity contribution is 0.714. The number of hydrogen-bond donors (Lipinski definition) is 0. The van der Waals surface area contributed by atoms with Gasteiger partial charge in [0.05, 0.1) is 11.1 Å². The molecule has 274 valence electrons. The summed E-state index contributed by atoms with van der Waals surface area (Å²) in [6.45, 7) is 2.40. The number of nitrogens with zero attached hydrogens (tertiary/aromatic N) is 1. The van der Waals surface area contributed by atoms with Crippen LogP contribution in [0.5, 0.6) is 0 Å². The van der Waals surface area contributed by atoms with Crippen LogP contribution in [0.1, 0.15) is 45.9 Å². The molecule has 9 aromatic carbocycles. The van der Waals surface area contributed by atoms with E-state index in [1.165, 1.54) is 72.3 Å². The van der Waals surface area contributed by atoms with E-state index in [2.05, 4.69) is 242 Å². The topological polar surface area (TPSA) is 3.24 Å². The molecule has 1 nitrogen and oxygen atoms in total. The van der Waals surface area contributed by atoms with E-state index in [1.807, 2.05) is 0 Å². The van der Waals surface area contributed by atoms with Gasteiger partial charge in [-0.15, -0.1) is 0 Å². The second-order valence-electron chi connectivity index (χ2n) is 15.7. The molecule has 0 saturated heterocycles. The molecule has 0 bridgehead atoms. The summed E-state index contributed by atoms with van der Waals surface area (Å²) < 4.78 is 0. The maximum Gasteiger partial charge on any atom is 0.0714 e. The van der Waals surface area contributed by atoms with Crippen molar-refractivity contribution in [2.45, 2.75) is 17.8 Å². The predicted octanol–water partition coefficient (Wildman–Crippen LogP) is 14.5. The summed E-state index contributed by atoms with van der Waals surface area (Å²) >= 11 is 0. The number of rotatable bonds is 7. The molecule has 0 heterocycles. The van der Waals surface area contributed by atoms with Crippen molar-refractivity contribution >= 4 is 17.1 Å². The van der Waals surface area contributed by atoms with E-state index in [0.717, 1.165) is 17.1 Å². The summed E-state index contributed by atoms with van der Waals surface area (Å²) in [4.78, 5) is 2.47. The smallest absolute Gasteiger partial charge is 0.0714 e. The third kappa shape index (κ3) is 4.90. The Morgan fingerprint density at radius 3 is 1.47 bits per heavy atom. The van der Waals surface area contributed by atoms with Crippen molar-refractivity contribution in [2.24, 2.45) is 0 Å². The van der Waals surface area contributed by atoms with E-state index >= 15 is 0 Å². The summed E-state index contributed by atoms with van der Waals surface area (Å²) in [6, 6.07) is 85.1. The Morgan fingerprint density at radius 1 is 0.310 bits per heavy atom. The lowest BCUT2D eigenvalue weighted by Crippen LogP contribution is -2.28. The number of hydrogen-bond acceptors (Lipinski definition) is 1. The first-order chi connectivity index (χ1) is 28.7. The van der Waals surface area contributed by atoms with Crippen LogP contribution in [-0.2, 0) is 10.8 Å². The molecular weight excluding hydrogens is 699 g/mol. The molecule has 0 aliphatic heterocycles. The molecule has 0 saturated carbocycles. The largest absolute Gasteiger partial charge is 0.310 e. The van der Waals surface area contributed by atoms with Crippen LogP contribution < -0.4 is 4.90 Å². The molecule has 0 aromatic heterocycles. The highest BCUT2D eigenvalue weighted by Crippen LogP contribution is 2.59. The highest BCUT2D eigenvalue weighted by atomic mass is 15.1. The molecule has 0 spiro atoms. The summed E-state index contributed by atoms with van der Waals surface area (Å²) in [5, 5.41) is 0. The number of para-hydroxylation sites is 2. The average Bonchev–Trinajstić information content (AvgIpc) is 3.75. The molecule has 0 radical (unpaired) electrons. The van der Waals surface area contributed by atoms with Gasteiger partial charge in [0.1, 0.15) is 0 Å². The van der Waals surface area contributed by atoms with E-state index < -0.39 is 5.41 Å². The van der Waals surface area contributed by atoms with Gasteiger partial charge in [-0.2, -0.15) is 0 Å². The Bertz CT molecular complexity index is 2910. The SMILES string of the molecule is CC1(c2ccccc2)c2ccccc2-c2c(-c3ccccc3N(c3ccccc3)c3ccc4c(c3)C(c3ccccc3)(c3ccccc3)c3ccccc3-4)cccc21. The zero-order chi connectivity index (χ0) is 38.7. The zero-order valence-corrected chi connectivity index (χ0v) is 32.4. The first-order valence-corrected chi connectivity index (χ1v) is 20.3. The average molecular weight is 740 g/mol. The van der Waals surface area contributed by atoms with Crippen LogP contribution in [0.25, 0.3) is 33.4 Å². The van der Waals surface area contributed by atoms with Gasteiger partial charge in [0.25, 0.3) is 0 Å². The van der Waals surface area contributed by atoms with Crippen molar-refractivity contribution in [3.05, 3.63) is 269 Å². The van der Waals surface area contributed by atoms with Gasteiger partial charge in [-0.25, -0.2) is 0 Å². The minimum absolute atomic E-state index is 0.287. The molecule has 2 aliphatic rings. The second kappa shape index (κ2) is 13.5. The molecule has 1 heteroatoms. The first kappa shape index (κ1) is 34.1. The van der Waals surface area contributed by atoms with Crippen molar-refractivity contribution in [1.82, 2.24) is 0 Å². The van der Waals surface area contributed by atoms with E-state index in [4.69, 9.17) is 0 Å². The summed E-state index contributed by atoms with van der Waals surface area (Å²) in [5.74, 6) is 0. The molecule has 0 fully saturated rings. The molecule has 11 rings (SSSR count). The lowest BCUT2D eigenvalue weighted by atomic mass is 9.67. The minimum Gasteiger partial charge on any atom is -0.310 e. The Hall–Kier alpha value is -7.22.